The number of hydrogen-bond acceptors (Lipinski definition) is 4. The number of nitrogens with one attached hydrogen (secondary N) is 1. The maximum absolute atomic E-state index is 13.0. The Kier molecular flexibility index (Phi) is 7.38. The van der Waals surface area contributed by atoms with E-state index in [9.17, 15) is 9.90 Å². The van der Waals surface area contributed by atoms with E-state index in [1.54, 1.807) is 0 Å². The molecule has 0 fully saturated rings. The van der Waals surface area contributed by atoms with Crippen molar-refractivity contribution in [3.8, 4) is 5.75 Å². The summed E-state index contributed by atoms with van der Waals surface area (Å²) >= 11 is 0. The van der Waals surface area contributed by atoms with E-state index in [1.807, 2.05) is 68.4 Å². The number of Topliss-reactive ketones (excluding diaryl/α,β-unsaturated/α-hetero) is 1. The number of rotatable bonds is 10. The molecule has 0 aromatic heterocycles. The van der Waals surface area contributed by atoms with Crippen LogP contribution in [0.5, 0.6) is 5.75 Å². The lowest BCUT2D eigenvalue weighted by atomic mass is 9.97. The van der Waals surface area contributed by atoms with Crippen molar-refractivity contribution in [3.63, 3.8) is 0 Å². The standard InChI is InChI=1S/C29H31NO3/c1-20(2)30-18-25(31)19-33-26-8-5-6-21(16-26)10-15-29(32)24-14-13-23-12-11-22-7-3-4-9-27(22)28(23)17-24/h3-9,11-14,16-17,20,25,30-31H,10,15,18-19H2,1-2H3. The smallest absolute Gasteiger partial charge is 0.163 e. The molecule has 4 heteroatoms. The van der Waals surface area contributed by atoms with E-state index in [4.69, 9.17) is 4.74 Å². The number of fused-ring (bicyclic) bond motifs is 3. The van der Waals surface area contributed by atoms with Crippen molar-refractivity contribution in [2.45, 2.75) is 38.8 Å². The summed E-state index contributed by atoms with van der Waals surface area (Å²) in [4.78, 5) is 13.0. The van der Waals surface area contributed by atoms with Gasteiger partial charge in [0.05, 0.1) is 0 Å². The molecule has 4 aromatic carbocycles. The summed E-state index contributed by atoms with van der Waals surface area (Å²) in [6.45, 7) is 4.80. The molecule has 2 N–H and O–H groups in total. The van der Waals surface area contributed by atoms with Crippen LogP contribution in [-0.2, 0) is 6.42 Å². The van der Waals surface area contributed by atoms with Crippen molar-refractivity contribution < 1.29 is 14.6 Å². The highest BCUT2D eigenvalue weighted by Gasteiger charge is 2.10. The Morgan fingerprint density at radius 3 is 2.48 bits per heavy atom. The van der Waals surface area contributed by atoms with Crippen molar-refractivity contribution >= 4 is 27.3 Å². The molecule has 0 bridgehead atoms. The lowest BCUT2D eigenvalue weighted by Crippen LogP contribution is -2.35. The van der Waals surface area contributed by atoms with E-state index < -0.39 is 6.10 Å². The number of ketones is 1. The second-order valence-electron chi connectivity index (χ2n) is 8.82. The quantitative estimate of drug-likeness (QED) is 0.250. The van der Waals surface area contributed by atoms with Gasteiger partial charge in [0.15, 0.2) is 5.78 Å². The van der Waals surface area contributed by atoms with E-state index in [2.05, 4.69) is 29.6 Å². The predicted octanol–water partition coefficient (Wildman–Crippen LogP) is 5.55. The van der Waals surface area contributed by atoms with Gasteiger partial charge in [-0.15, -0.1) is 0 Å². The van der Waals surface area contributed by atoms with E-state index in [1.165, 1.54) is 10.8 Å². The van der Waals surface area contributed by atoms with Gasteiger partial charge in [-0.3, -0.25) is 4.79 Å². The predicted molar refractivity (Wildman–Crippen MR) is 135 cm³/mol. The molecule has 0 aliphatic rings. The SMILES string of the molecule is CC(C)NCC(O)COc1cccc(CCC(=O)c2ccc3ccc4ccccc4c3c2)c1. The number of aryl methyl sites for hydroxylation is 1. The summed E-state index contributed by atoms with van der Waals surface area (Å²) in [7, 11) is 0. The first-order valence-corrected chi connectivity index (χ1v) is 11.6. The molecule has 0 radical (unpaired) electrons. The van der Waals surface area contributed by atoms with E-state index in [-0.39, 0.29) is 12.4 Å². The fourth-order valence-electron chi connectivity index (χ4n) is 3.99. The highest BCUT2D eigenvalue weighted by molar-refractivity contribution is 6.10. The molecule has 0 spiro atoms. The molecule has 170 valence electrons. The molecule has 0 amide bonds. The second kappa shape index (κ2) is 10.6. The molecule has 0 saturated carbocycles. The molecule has 1 atom stereocenters. The Morgan fingerprint density at radius 2 is 1.67 bits per heavy atom. The van der Waals surface area contributed by atoms with Crippen LogP contribution in [0.1, 0.15) is 36.2 Å². The van der Waals surface area contributed by atoms with Crippen LogP contribution in [0.2, 0.25) is 0 Å². The second-order valence-corrected chi connectivity index (χ2v) is 8.82. The number of carbonyl (C=O) groups is 1. The molecule has 0 aliphatic heterocycles. The highest BCUT2D eigenvalue weighted by Crippen LogP contribution is 2.27. The first kappa shape index (κ1) is 23.0. The molecule has 4 aromatic rings. The number of ether oxygens (including phenoxy) is 1. The Labute approximate surface area is 195 Å². The van der Waals surface area contributed by atoms with Gasteiger partial charge in [-0.1, -0.05) is 74.5 Å². The summed E-state index contributed by atoms with van der Waals surface area (Å²) in [5.41, 5.74) is 1.79. The van der Waals surface area contributed by atoms with Gasteiger partial charge in [0.2, 0.25) is 0 Å². The fraction of sp³-hybridized carbons (Fsp3) is 0.276. The first-order valence-electron chi connectivity index (χ1n) is 11.6. The van der Waals surface area contributed by atoms with Gasteiger partial charge < -0.3 is 15.2 Å². The van der Waals surface area contributed by atoms with Crippen molar-refractivity contribution in [3.05, 3.63) is 90.0 Å². The number of aliphatic hydroxyl groups is 1. The third kappa shape index (κ3) is 5.98. The van der Waals surface area contributed by atoms with Crippen LogP contribution < -0.4 is 10.1 Å². The lowest BCUT2D eigenvalue weighted by Gasteiger charge is -2.15. The molecular weight excluding hydrogens is 410 g/mol. The van der Waals surface area contributed by atoms with Crippen LogP contribution in [0.4, 0.5) is 0 Å². The Morgan fingerprint density at radius 1 is 0.909 bits per heavy atom. The summed E-state index contributed by atoms with van der Waals surface area (Å²) in [5, 5.41) is 17.8. The van der Waals surface area contributed by atoms with Crippen LogP contribution in [0, 0.1) is 0 Å². The van der Waals surface area contributed by atoms with E-state index in [0.29, 0.717) is 31.2 Å². The zero-order chi connectivity index (χ0) is 23.2. The molecule has 33 heavy (non-hydrogen) atoms. The molecule has 0 saturated heterocycles. The van der Waals surface area contributed by atoms with Gasteiger partial charge in [-0.25, -0.2) is 0 Å². The minimum atomic E-state index is -0.568. The van der Waals surface area contributed by atoms with Gasteiger partial charge in [0, 0.05) is 24.6 Å². The Balaban J connectivity index is 1.39. The normalized spacial score (nSPS) is 12.4. The van der Waals surface area contributed by atoms with Gasteiger partial charge in [-0.05, 0) is 51.7 Å². The summed E-state index contributed by atoms with van der Waals surface area (Å²) < 4.78 is 5.75. The average Bonchev–Trinajstić information content (AvgIpc) is 2.84. The van der Waals surface area contributed by atoms with Crippen LogP contribution in [0.15, 0.2) is 78.9 Å². The van der Waals surface area contributed by atoms with Crippen LogP contribution in [0.3, 0.4) is 0 Å². The topological polar surface area (TPSA) is 58.6 Å². The fourth-order valence-corrected chi connectivity index (χ4v) is 3.99. The van der Waals surface area contributed by atoms with Gasteiger partial charge in [-0.2, -0.15) is 0 Å². The molecule has 0 aliphatic carbocycles. The molecule has 0 heterocycles. The average molecular weight is 442 g/mol. The van der Waals surface area contributed by atoms with Gasteiger partial charge in [0.1, 0.15) is 18.5 Å². The highest BCUT2D eigenvalue weighted by atomic mass is 16.5. The molecule has 1 unspecified atom stereocenters. The third-order valence-electron chi connectivity index (χ3n) is 5.81. The van der Waals surface area contributed by atoms with Crippen molar-refractivity contribution in [1.82, 2.24) is 5.32 Å². The van der Waals surface area contributed by atoms with Gasteiger partial charge >= 0.3 is 0 Å². The lowest BCUT2D eigenvalue weighted by molar-refractivity contribution is 0.0983. The molecule has 4 rings (SSSR count). The Bertz CT molecular complexity index is 1250. The van der Waals surface area contributed by atoms with E-state index >= 15 is 0 Å². The summed E-state index contributed by atoms with van der Waals surface area (Å²) in [5.74, 6) is 0.840. The van der Waals surface area contributed by atoms with Gasteiger partial charge in [0.25, 0.3) is 0 Å². The monoisotopic (exact) mass is 441 g/mol. The van der Waals surface area contributed by atoms with Crippen molar-refractivity contribution in [1.29, 1.82) is 0 Å². The number of hydrogen-bond donors (Lipinski definition) is 2. The summed E-state index contributed by atoms with van der Waals surface area (Å²) in [6, 6.07) is 26.5. The number of aliphatic hydroxyl groups excluding tert-OH is 1. The zero-order valence-corrected chi connectivity index (χ0v) is 19.3. The minimum Gasteiger partial charge on any atom is -0.491 e. The van der Waals surface area contributed by atoms with Crippen molar-refractivity contribution in [2.24, 2.45) is 0 Å². The minimum absolute atomic E-state index is 0.131. The third-order valence-corrected chi connectivity index (χ3v) is 5.81. The molecular formula is C29H31NO3. The maximum Gasteiger partial charge on any atom is 0.163 e. The zero-order valence-electron chi connectivity index (χ0n) is 19.3. The number of benzene rings is 4. The van der Waals surface area contributed by atoms with Crippen LogP contribution in [0.25, 0.3) is 21.5 Å². The largest absolute Gasteiger partial charge is 0.491 e. The van der Waals surface area contributed by atoms with E-state index in [0.717, 1.165) is 21.9 Å². The first-order chi connectivity index (χ1) is 16.0. The Hall–Kier alpha value is -3.21. The molecule has 4 nitrogen and oxygen atoms in total. The van der Waals surface area contributed by atoms with Crippen LogP contribution >= 0.6 is 0 Å². The van der Waals surface area contributed by atoms with Crippen LogP contribution in [-0.4, -0.2) is 36.2 Å². The summed E-state index contributed by atoms with van der Waals surface area (Å²) in [6.07, 6.45) is 0.503. The van der Waals surface area contributed by atoms with Crippen molar-refractivity contribution in [2.75, 3.05) is 13.2 Å². The number of carbonyl (C=O) groups excluding carboxylic acids is 1. The maximum atomic E-state index is 13.0.